The molecular weight excluding hydrogens is 556 g/mol. The van der Waals surface area contributed by atoms with Crippen molar-refractivity contribution in [3.05, 3.63) is 53.5 Å². The van der Waals surface area contributed by atoms with Crippen LogP contribution in [0.5, 0.6) is 0 Å². The van der Waals surface area contributed by atoms with Crippen molar-refractivity contribution in [3.63, 3.8) is 0 Å². The SMILES string of the molecule is O=C1CCC(N2C(=O)c3cccc4c(Cc5cnn(C6CCN(C(=O)C78C9C%10C%11C%12C9C7C%11%12C%108)CC6)c5)cnc2c34)C(=O)N1. The van der Waals surface area contributed by atoms with E-state index in [0.717, 1.165) is 89.3 Å². The molecule has 8 fully saturated rings. The number of piperidine rings is 2. The topological polar surface area (TPSA) is 118 Å². The van der Waals surface area contributed by atoms with Crippen LogP contribution in [0.1, 0.15) is 53.2 Å². The summed E-state index contributed by atoms with van der Waals surface area (Å²) in [5.74, 6) is 6.29. The second-order valence-corrected chi connectivity index (χ2v) is 15.1. The van der Waals surface area contributed by atoms with Crippen LogP contribution in [-0.2, 0) is 20.8 Å². The van der Waals surface area contributed by atoms with Gasteiger partial charge in [0.05, 0.1) is 23.2 Å². The van der Waals surface area contributed by atoms with Gasteiger partial charge in [-0.2, -0.15) is 5.10 Å². The first-order chi connectivity index (χ1) is 21.5. The van der Waals surface area contributed by atoms with E-state index in [2.05, 4.69) is 21.1 Å². The van der Waals surface area contributed by atoms with Crippen LogP contribution in [0, 0.1) is 52.3 Å². The van der Waals surface area contributed by atoms with Crippen LogP contribution < -0.4 is 10.2 Å². The van der Waals surface area contributed by atoms with Gasteiger partial charge in [0.25, 0.3) is 5.91 Å². The molecule has 10 heteroatoms. The molecule has 1 N–H and O–H groups in total. The minimum absolute atomic E-state index is 0.0989. The van der Waals surface area contributed by atoms with Crippen molar-refractivity contribution in [1.82, 2.24) is 25.0 Å². The molecule has 0 bridgehead atoms. The minimum Gasteiger partial charge on any atom is -0.342 e. The zero-order valence-electron chi connectivity index (χ0n) is 24.0. The summed E-state index contributed by atoms with van der Waals surface area (Å²) in [5, 5.41) is 8.81. The van der Waals surface area contributed by atoms with Crippen LogP contribution in [0.15, 0.2) is 36.8 Å². The van der Waals surface area contributed by atoms with Crippen LogP contribution in [0.25, 0.3) is 10.8 Å². The van der Waals surface area contributed by atoms with Gasteiger partial charge in [-0.3, -0.25) is 34.1 Å². The van der Waals surface area contributed by atoms with Gasteiger partial charge >= 0.3 is 0 Å². The molecule has 3 aromatic rings. The molecule has 1 spiro atoms. The summed E-state index contributed by atoms with van der Waals surface area (Å²) in [6.07, 6.45) is 8.82. The summed E-state index contributed by atoms with van der Waals surface area (Å²) in [4.78, 5) is 59.9. The third-order valence-electron chi connectivity index (χ3n) is 14.2. The standard InChI is InChI=1S/C34H30N6O4/c41-20-5-4-19(30(42)37-20)40-29-21-17(2-1-3-18(21)31(40)43)15(12-35-29)10-14-11-36-39(13-14)16-6-8-38(9-7-16)32(44)34-24-22-25-26-23(24)28(34)33(25,26)27(22)34/h1-3,11-13,16,19,22-28H,4-10H2,(H,37,41,42). The molecule has 1 aromatic carbocycles. The van der Waals surface area contributed by atoms with Gasteiger partial charge in [0.1, 0.15) is 11.9 Å². The number of carbonyl (C=O) groups excluding carboxylic acids is 4. The maximum atomic E-state index is 13.8. The highest BCUT2D eigenvalue weighted by molar-refractivity contribution is 6.26. The van der Waals surface area contributed by atoms with E-state index in [1.165, 1.54) is 4.90 Å². The van der Waals surface area contributed by atoms with Crippen molar-refractivity contribution in [3.8, 4) is 0 Å². The number of anilines is 1. The second kappa shape index (κ2) is 6.92. The largest absolute Gasteiger partial charge is 0.342 e. The van der Waals surface area contributed by atoms with Gasteiger partial charge in [0, 0.05) is 43.7 Å². The Balaban J connectivity index is 0.766. The van der Waals surface area contributed by atoms with E-state index in [-0.39, 0.29) is 36.1 Å². The fourth-order valence-electron chi connectivity index (χ4n) is 13.2. The van der Waals surface area contributed by atoms with E-state index in [1.54, 1.807) is 12.3 Å². The third kappa shape index (κ3) is 2.10. The van der Waals surface area contributed by atoms with E-state index < -0.39 is 11.9 Å². The van der Waals surface area contributed by atoms with Gasteiger partial charge in [0.15, 0.2) is 0 Å². The summed E-state index contributed by atoms with van der Waals surface area (Å²) >= 11 is 0. The zero-order valence-corrected chi connectivity index (χ0v) is 24.0. The lowest BCUT2D eigenvalue weighted by Gasteiger charge is -2.96. The van der Waals surface area contributed by atoms with Crippen molar-refractivity contribution in [2.75, 3.05) is 18.0 Å². The maximum Gasteiger partial charge on any atom is 0.260 e. The summed E-state index contributed by atoms with van der Waals surface area (Å²) in [5.41, 5.74) is 3.40. The van der Waals surface area contributed by atoms with E-state index in [4.69, 9.17) is 10.1 Å². The molecule has 0 radical (unpaired) electrons. The van der Waals surface area contributed by atoms with Crippen molar-refractivity contribution in [1.29, 1.82) is 0 Å². The quantitative estimate of drug-likeness (QED) is 0.459. The number of hydrogen-bond acceptors (Lipinski definition) is 6. The number of rotatable bonds is 5. The number of carbonyl (C=O) groups is 4. The number of amides is 4. The molecule has 3 aliphatic heterocycles. The van der Waals surface area contributed by atoms with Crippen LogP contribution >= 0.6 is 0 Å². The lowest BCUT2D eigenvalue weighted by atomic mass is 9.07. The third-order valence-corrected chi connectivity index (χ3v) is 14.2. The number of nitrogens with zero attached hydrogens (tertiary/aromatic N) is 5. The number of benzene rings is 1. The maximum absolute atomic E-state index is 13.8. The van der Waals surface area contributed by atoms with E-state index in [1.807, 2.05) is 18.3 Å². The zero-order chi connectivity index (χ0) is 29.0. The van der Waals surface area contributed by atoms with E-state index >= 15 is 0 Å². The molecule has 5 heterocycles. The van der Waals surface area contributed by atoms with E-state index in [0.29, 0.717) is 29.1 Å². The Bertz CT molecular complexity index is 1930. The summed E-state index contributed by atoms with van der Waals surface area (Å²) in [7, 11) is 0. The number of likely N-dealkylation sites (tertiary alicyclic amines) is 1. The van der Waals surface area contributed by atoms with Gasteiger partial charge in [-0.15, -0.1) is 0 Å². The molecule has 9 aliphatic rings. The number of imide groups is 1. The molecule has 7 unspecified atom stereocenters. The van der Waals surface area contributed by atoms with Gasteiger partial charge in [-0.1, -0.05) is 12.1 Å². The molecule has 12 rings (SSSR count). The summed E-state index contributed by atoms with van der Waals surface area (Å²) < 4.78 is 2.08. The van der Waals surface area contributed by atoms with Crippen LogP contribution in [-0.4, -0.2) is 62.4 Å². The first-order valence-electron chi connectivity index (χ1n) is 16.4. The van der Waals surface area contributed by atoms with Crippen LogP contribution in [0.2, 0.25) is 0 Å². The molecule has 4 amide bonds. The molecule has 7 atom stereocenters. The van der Waals surface area contributed by atoms with Gasteiger partial charge < -0.3 is 4.90 Å². The Morgan fingerprint density at radius 2 is 1.80 bits per heavy atom. The van der Waals surface area contributed by atoms with Gasteiger partial charge in [-0.05, 0) is 88.7 Å². The summed E-state index contributed by atoms with van der Waals surface area (Å²) in [6.45, 7) is 1.66. The molecule has 6 aliphatic carbocycles. The Labute approximate surface area is 252 Å². The number of pyridine rings is 1. The second-order valence-electron chi connectivity index (χ2n) is 15.1. The smallest absolute Gasteiger partial charge is 0.260 e. The average molecular weight is 587 g/mol. The lowest BCUT2D eigenvalue weighted by Crippen LogP contribution is -2.97. The first kappa shape index (κ1) is 23.3. The Morgan fingerprint density at radius 1 is 1.00 bits per heavy atom. The number of hydrogen-bond donors (Lipinski definition) is 1. The molecule has 2 saturated heterocycles. The highest BCUT2D eigenvalue weighted by Gasteiger charge is 3.18. The molecule has 220 valence electrons. The highest BCUT2D eigenvalue weighted by Crippen LogP contribution is 3.18. The molecular formula is C34H30N6O4. The lowest BCUT2D eigenvalue weighted by molar-refractivity contribution is -0.490. The Morgan fingerprint density at radius 3 is 2.52 bits per heavy atom. The first-order valence-corrected chi connectivity index (χ1v) is 16.4. The Kier molecular flexibility index (Phi) is 3.67. The molecule has 44 heavy (non-hydrogen) atoms. The van der Waals surface area contributed by atoms with Crippen LogP contribution in [0.3, 0.4) is 0 Å². The average Bonchev–Trinajstić information content (AvgIpc) is 3.15. The molecule has 2 aromatic heterocycles. The molecule has 6 saturated carbocycles. The summed E-state index contributed by atoms with van der Waals surface area (Å²) in [6, 6.07) is 5.20. The van der Waals surface area contributed by atoms with Crippen molar-refractivity contribution in [2.45, 2.75) is 44.2 Å². The van der Waals surface area contributed by atoms with Crippen LogP contribution in [0.4, 0.5) is 5.82 Å². The minimum atomic E-state index is -0.750. The number of aromatic nitrogens is 3. The number of fused-ring (bicyclic) bond motifs is 5. The van der Waals surface area contributed by atoms with Gasteiger partial charge in [-0.25, -0.2) is 4.98 Å². The highest BCUT2D eigenvalue weighted by atomic mass is 16.2. The fraction of sp³-hybridized carbons (Fsp3) is 0.529. The van der Waals surface area contributed by atoms with Crippen molar-refractivity contribution in [2.24, 2.45) is 52.3 Å². The number of nitrogens with one attached hydrogen (secondary N) is 1. The van der Waals surface area contributed by atoms with Gasteiger partial charge in [0.2, 0.25) is 17.7 Å². The molecule has 10 nitrogen and oxygen atoms in total. The normalized spacial score (nSPS) is 42.5. The monoisotopic (exact) mass is 586 g/mol. The Hall–Kier alpha value is -4.08. The predicted molar refractivity (Wildman–Crippen MR) is 154 cm³/mol. The van der Waals surface area contributed by atoms with Crippen molar-refractivity contribution >= 4 is 40.2 Å². The predicted octanol–water partition coefficient (Wildman–Crippen LogP) is 2.32. The fourth-order valence-corrected chi connectivity index (χ4v) is 13.2. The van der Waals surface area contributed by atoms with E-state index in [9.17, 15) is 19.2 Å². The van der Waals surface area contributed by atoms with Crippen molar-refractivity contribution < 1.29 is 19.2 Å².